The van der Waals surface area contributed by atoms with Crippen LogP contribution in [0, 0.1) is 0 Å². The molecule has 0 fully saturated rings. The summed E-state index contributed by atoms with van der Waals surface area (Å²) in [6, 6.07) is 13.0. The van der Waals surface area contributed by atoms with Gasteiger partial charge in [0.1, 0.15) is 0 Å². The average Bonchev–Trinajstić information content (AvgIpc) is 2.95. The smallest absolute Gasteiger partial charge is 0.274 e. The molecule has 30 heavy (non-hydrogen) atoms. The zero-order valence-corrected chi connectivity index (χ0v) is 17.6. The van der Waals surface area contributed by atoms with Crippen molar-refractivity contribution in [1.82, 2.24) is 24.1 Å². The standard InChI is InChI=1S/C21H21N5O3S/c1-25-20(16-7-8-17-18(12-16)23-10-9-22-17)19(21(27)26(25)2)15-6-4-5-14(11-15)13-24-30(3,28)29/h4-12,24H,13H2,1-3H3. The van der Waals surface area contributed by atoms with E-state index >= 15 is 0 Å². The van der Waals surface area contributed by atoms with Crippen molar-refractivity contribution in [2.75, 3.05) is 6.26 Å². The van der Waals surface area contributed by atoms with Crippen molar-refractivity contribution in [3.05, 3.63) is 70.8 Å². The van der Waals surface area contributed by atoms with Gasteiger partial charge in [-0.15, -0.1) is 0 Å². The minimum absolute atomic E-state index is 0.139. The van der Waals surface area contributed by atoms with Crippen LogP contribution in [-0.2, 0) is 30.7 Å². The molecule has 0 saturated heterocycles. The van der Waals surface area contributed by atoms with Crippen LogP contribution in [0.15, 0.2) is 59.7 Å². The van der Waals surface area contributed by atoms with Crippen molar-refractivity contribution in [1.29, 1.82) is 0 Å². The highest BCUT2D eigenvalue weighted by molar-refractivity contribution is 7.88. The second kappa shape index (κ2) is 7.51. The van der Waals surface area contributed by atoms with Gasteiger partial charge in [-0.05, 0) is 29.3 Å². The van der Waals surface area contributed by atoms with E-state index in [1.54, 1.807) is 28.8 Å². The first-order valence-electron chi connectivity index (χ1n) is 9.25. The normalized spacial score (nSPS) is 11.8. The Hall–Kier alpha value is -3.30. The Morgan fingerprint density at radius 1 is 0.933 bits per heavy atom. The van der Waals surface area contributed by atoms with E-state index in [0.29, 0.717) is 5.56 Å². The summed E-state index contributed by atoms with van der Waals surface area (Å²) in [6.45, 7) is 0.153. The van der Waals surface area contributed by atoms with Gasteiger partial charge in [-0.25, -0.2) is 13.1 Å². The molecule has 0 amide bonds. The summed E-state index contributed by atoms with van der Waals surface area (Å²) in [7, 11) is 0.228. The van der Waals surface area contributed by atoms with Crippen LogP contribution in [0.1, 0.15) is 5.56 Å². The topological polar surface area (TPSA) is 98.9 Å². The summed E-state index contributed by atoms with van der Waals surface area (Å²) in [5, 5.41) is 0. The molecule has 4 rings (SSSR count). The lowest BCUT2D eigenvalue weighted by Gasteiger charge is -2.10. The zero-order chi connectivity index (χ0) is 21.5. The first-order chi connectivity index (χ1) is 14.2. The van der Waals surface area contributed by atoms with Gasteiger partial charge in [-0.3, -0.25) is 24.1 Å². The van der Waals surface area contributed by atoms with E-state index < -0.39 is 10.0 Å². The Bertz CT molecular complexity index is 1420. The van der Waals surface area contributed by atoms with Crippen molar-refractivity contribution in [2.45, 2.75) is 6.54 Å². The lowest BCUT2D eigenvalue weighted by atomic mass is 9.99. The largest absolute Gasteiger partial charge is 0.285 e. The van der Waals surface area contributed by atoms with Gasteiger partial charge in [0, 0.05) is 38.6 Å². The Morgan fingerprint density at radius 3 is 2.40 bits per heavy atom. The number of benzene rings is 2. The third kappa shape index (κ3) is 3.77. The Kier molecular flexibility index (Phi) is 5.00. The Balaban J connectivity index is 1.87. The molecule has 0 aliphatic heterocycles. The second-order valence-electron chi connectivity index (χ2n) is 7.13. The van der Waals surface area contributed by atoms with Gasteiger partial charge in [-0.2, -0.15) is 0 Å². The van der Waals surface area contributed by atoms with Gasteiger partial charge in [0.05, 0.1) is 28.5 Å². The third-order valence-corrected chi connectivity index (χ3v) is 5.68. The highest BCUT2D eigenvalue weighted by Crippen LogP contribution is 2.31. The highest BCUT2D eigenvalue weighted by atomic mass is 32.2. The number of aromatic nitrogens is 4. The van der Waals surface area contributed by atoms with Crippen LogP contribution in [-0.4, -0.2) is 34.0 Å². The van der Waals surface area contributed by atoms with Crippen molar-refractivity contribution < 1.29 is 8.42 Å². The molecular formula is C21H21N5O3S. The minimum atomic E-state index is -3.32. The van der Waals surface area contributed by atoms with Crippen molar-refractivity contribution >= 4 is 21.1 Å². The van der Waals surface area contributed by atoms with Crippen LogP contribution >= 0.6 is 0 Å². The first-order valence-corrected chi connectivity index (χ1v) is 11.1. The molecule has 0 aliphatic rings. The highest BCUT2D eigenvalue weighted by Gasteiger charge is 2.20. The molecule has 0 bridgehead atoms. The fourth-order valence-corrected chi connectivity index (χ4v) is 3.89. The van der Waals surface area contributed by atoms with E-state index in [0.717, 1.165) is 39.7 Å². The monoisotopic (exact) mass is 423 g/mol. The molecule has 0 unspecified atom stereocenters. The van der Waals surface area contributed by atoms with Crippen LogP contribution in [0.25, 0.3) is 33.4 Å². The molecule has 2 aromatic carbocycles. The predicted molar refractivity (Wildman–Crippen MR) is 116 cm³/mol. The van der Waals surface area contributed by atoms with Crippen molar-refractivity contribution in [3.63, 3.8) is 0 Å². The molecule has 2 heterocycles. The summed E-state index contributed by atoms with van der Waals surface area (Å²) in [6.07, 6.45) is 4.39. The van der Waals surface area contributed by atoms with E-state index in [1.807, 2.05) is 49.5 Å². The maximum atomic E-state index is 13.1. The van der Waals surface area contributed by atoms with Crippen LogP contribution < -0.4 is 10.3 Å². The number of hydrogen-bond acceptors (Lipinski definition) is 5. The molecule has 8 nitrogen and oxygen atoms in total. The fraction of sp³-hybridized carbons (Fsp3) is 0.190. The van der Waals surface area contributed by atoms with E-state index in [-0.39, 0.29) is 12.1 Å². The molecule has 0 radical (unpaired) electrons. The van der Waals surface area contributed by atoms with Crippen molar-refractivity contribution in [2.24, 2.45) is 14.1 Å². The Morgan fingerprint density at radius 2 is 1.67 bits per heavy atom. The number of sulfonamides is 1. The maximum absolute atomic E-state index is 13.1. The quantitative estimate of drug-likeness (QED) is 0.530. The van der Waals surface area contributed by atoms with E-state index in [1.165, 1.54) is 0 Å². The molecule has 4 aromatic rings. The summed E-state index contributed by atoms with van der Waals surface area (Å²) in [4.78, 5) is 21.7. The number of rotatable bonds is 5. The number of nitrogens with zero attached hydrogens (tertiary/aromatic N) is 4. The fourth-order valence-electron chi connectivity index (χ4n) is 3.46. The van der Waals surface area contributed by atoms with E-state index in [9.17, 15) is 13.2 Å². The summed E-state index contributed by atoms with van der Waals surface area (Å²) >= 11 is 0. The molecule has 154 valence electrons. The second-order valence-corrected chi connectivity index (χ2v) is 8.96. The summed E-state index contributed by atoms with van der Waals surface area (Å²) in [5.41, 5.74) is 5.00. The van der Waals surface area contributed by atoms with Crippen LogP contribution in [0.3, 0.4) is 0 Å². The van der Waals surface area contributed by atoms with Gasteiger partial charge in [0.2, 0.25) is 10.0 Å². The van der Waals surface area contributed by atoms with Crippen LogP contribution in [0.2, 0.25) is 0 Å². The molecule has 2 aromatic heterocycles. The zero-order valence-electron chi connectivity index (χ0n) is 16.8. The van der Waals surface area contributed by atoms with Crippen LogP contribution in [0.4, 0.5) is 0 Å². The third-order valence-electron chi connectivity index (χ3n) is 5.02. The van der Waals surface area contributed by atoms with Crippen molar-refractivity contribution in [3.8, 4) is 22.4 Å². The van der Waals surface area contributed by atoms with Crippen LogP contribution in [0.5, 0.6) is 0 Å². The molecule has 1 N–H and O–H groups in total. The molecule has 0 spiro atoms. The SMILES string of the molecule is Cn1c(-c2ccc3nccnc3c2)c(-c2cccc(CNS(C)(=O)=O)c2)c(=O)n1C. The number of hydrogen-bond donors (Lipinski definition) is 1. The lowest BCUT2D eigenvalue weighted by Crippen LogP contribution is -2.21. The first kappa shape index (κ1) is 20.0. The summed E-state index contributed by atoms with van der Waals surface area (Å²) < 4.78 is 28.7. The van der Waals surface area contributed by atoms with Gasteiger partial charge in [0.25, 0.3) is 5.56 Å². The predicted octanol–water partition coefficient (Wildman–Crippen LogP) is 2.05. The minimum Gasteiger partial charge on any atom is -0.285 e. The lowest BCUT2D eigenvalue weighted by molar-refractivity contribution is 0.584. The molecular weight excluding hydrogens is 402 g/mol. The van der Waals surface area contributed by atoms with E-state index in [2.05, 4.69) is 14.7 Å². The maximum Gasteiger partial charge on any atom is 0.274 e. The van der Waals surface area contributed by atoms with Gasteiger partial charge < -0.3 is 0 Å². The molecule has 0 atom stereocenters. The molecule has 9 heteroatoms. The number of fused-ring (bicyclic) bond motifs is 1. The molecule has 0 saturated carbocycles. The Labute approximate surface area is 173 Å². The van der Waals surface area contributed by atoms with Gasteiger partial charge >= 0.3 is 0 Å². The van der Waals surface area contributed by atoms with Gasteiger partial charge in [0.15, 0.2) is 0 Å². The number of nitrogens with one attached hydrogen (secondary N) is 1. The summed E-state index contributed by atoms with van der Waals surface area (Å²) in [5.74, 6) is 0. The van der Waals surface area contributed by atoms with E-state index in [4.69, 9.17) is 0 Å². The van der Waals surface area contributed by atoms with Gasteiger partial charge in [-0.1, -0.05) is 24.3 Å². The molecule has 0 aliphatic carbocycles. The average molecular weight is 423 g/mol.